The van der Waals surface area contributed by atoms with Crippen molar-refractivity contribution in [1.82, 2.24) is 9.47 Å². The van der Waals surface area contributed by atoms with E-state index < -0.39 is 14.3 Å². The average Bonchev–Trinajstić information content (AvgIpc) is 2.28. The van der Waals surface area contributed by atoms with Gasteiger partial charge in [-0.05, 0) is 26.2 Å². The molecular formula is C12H24N2O4Si. The monoisotopic (exact) mass is 288 g/mol. The van der Waals surface area contributed by atoms with E-state index in [0.717, 1.165) is 12.8 Å². The SMILES string of the molecule is CCOC(=O)N(C1CCCCN1C(=O)O)[Si](C)(C)C. The van der Waals surface area contributed by atoms with Crippen LogP contribution in [-0.4, -0.2) is 54.3 Å². The highest BCUT2D eigenvalue weighted by molar-refractivity contribution is 6.75. The number of nitrogens with zero attached hydrogens (tertiary/aromatic N) is 2. The number of piperidine rings is 1. The zero-order valence-corrected chi connectivity index (χ0v) is 13.2. The Morgan fingerprint density at radius 2 is 2.00 bits per heavy atom. The molecule has 0 aromatic carbocycles. The second-order valence-electron chi connectivity index (χ2n) is 5.69. The normalized spacial score (nSPS) is 20.0. The summed E-state index contributed by atoms with van der Waals surface area (Å²) in [6.45, 7) is 8.63. The second-order valence-corrected chi connectivity index (χ2v) is 10.5. The van der Waals surface area contributed by atoms with Gasteiger partial charge in [0.05, 0.1) is 6.61 Å². The number of hydrogen-bond donors (Lipinski definition) is 1. The summed E-state index contributed by atoms with van der Waals surface area (Å²) in [6, 6.07) is 0. The van der Waals surface area contributed by atoms with E-state index in [9.17, 15) is 14.7 Å². The molecule has 110 valence electrons. The van der Waals surface area contributed by atoms with Crippen molar-refractivity contribution < 1.29 is 19.4 Å². The molecule has 1 unspecified atom stereocenters. The molecule has 1 aliphatic heterocycles. The van der Waals surface area contributed by atoms with Gasteiger partial charge in [-0.2, -0.15) is 0 Å². The van der Waals surface area contributed by atoms with Gasteiger partial charge >= 0.3 is 12.2 Å². The summed E-state index contributed by atoms with van der Waals surface area (Å²) in [4.78, 5) is 24.9. The molecule has 0 spiro atoms. The van der Waals surface area contributed by atoms with Crippen molar-refractivity contribution in [2.24, 2.45) is 0 Å². The molecule has 1 aliphatic rings. The molecule has 0 bridgehead atoms. The molecule has 1 N–H and O–H groups in total. The van der Waals surface area contributed by atoms with Crippen LogP contribution < -0.4 is 0 Å². The van der Waals surface area contributed by atoms with Crippen molar-refractivity contribution in [2.75, 3.05) is 13.2 Å². The van der Waals surface area contributed by atoms with Gasteiger partial charge in [0.15, 0.2) is 8.24 Å². The first-order valence-corrected chi connectivity index (χ1v) is 10.2. The van der Waals surface area contributed by atoms with Gasteiger partial charge < -0.3 is 14.4 Å². The summed E-state index contributed by atoms with van der Waals surface area (Å²) < 4.78 is 6.80. The van der Waals surface area contributed by atoms with Gasteiger partial charge in [0.2, 0.25) is 0 Å². The number of amides is 2. The van der Waals surface area contributed by atoms with Gasteiger partial charge in [0, 0.05) is 6.54 Å². The predicted molar refractivity (Wildman–Crippen MR) is 74.6 cm³/mol. The number of carbonyl (C=O) groups is 2. The highest BCUT2D eigenvalue weighted by Gasteiger charge is 2.41. The maximum absolute atomic E-state index is 12.2. The van der Waals surface area contributed by atoms with Crippen molar-refractivity contribution in [2.45, 2.75) is 52.0 Å². The fourth-order valence-corrected chi connectivity index (χ4v) is 4.22. The smallest absolute Gasteiger partial charge is 0.408 e. The van der Waals surface area contributed by atoms with Gasteiger partial charge in [-0.3, -0.25) is 4.90 Å². The van der Waals surface area contributed by atoms with Crippen LogP contribution in [0, 0.1) is 0 Å². The first kappa shape index (κ1) is 15.8. The van der Waals surface area contributed by atoms with Crippen LogP contribution in [-0.2, 0) is 4.74 Å². The fourth-order valence-electron chi connectivity index (χ4n) is 2.44. The van der Waals surface area contributed by atoms with Gasteiger partial charge in [0.1, 0.15) is 6.17 Å². The van der Waals surface area contributed by atoms with Crippen molar-refractivity contribution in [3.63, 3.8) is 0 Å². The summed E-state index contributed by atoms with van der Waals surface area (Å²) in [5.74, 6) is 0. The van der Waals surface area contributed by atoms with Crippen molar-refractivity contribution in [3.8, 4) is 0 Å². The van der Waals surface area contributed by atoms with Crippen LogP contribution in [0.1, 0.15) is 26.2 Å². The lowest BCUT2D eigenvalue weighted by atomic mass is 10.1. The third-order valence-electron chi connectivity index (χ3n) is 3.20. The molecular weight excluding hydrogens is 264 g/mol. The Hall–Kier alpha value is -1.24. The Morgan fingerprint density at radius 1 is 1.37 bits per heavy atom. The lowest BCUT2D eigenvalue weighted by molar-refractivity contribution is 0.0450. The summed E-state index contributed by atoms with van der Waals surface area (Å²) in [5, 5.41) is 9.30. The minimum Gasteiger partial charge on any atom is -0.465 e. The zero-order valence-electron chi connectivity index (χ0n) is 12.2. The van der Waals surface area contributed by atoms with E-state index in [1.165, 1.54) is 4.90 Å². The number of carboxylic acid groups (broad SMARTS) is 1. The minimum atomic E-state index is -2.01. The van der Waals surface area contributed by atoms with E-state index in [4.69, 9.17) is 4.74 Å². The number of rotatable bonds is 3. The van der Waals surface area contributed by atoms with Crippen molar-refractivity contribution >= 4 is 20.4 Å². The Morgan fingerprint density at radius 3 is 2.47 bits per heavy atom. The Kier molecular flexibility index (Phi) is 5.22. The molecule has 7 heteroatoms. The fraction of sp³-hybridized carbons (Fsp3) is 0.833. The predicted octanol–water partition coefficient (Wildman–Crippen LogP) is 2.77. The van der Waals surface area contributed by atoms with E-state index in [0.29, 0.717) is 19.6 Å². The molecule has 19 heavy (non-hydrogen) atoms. The highest BCUT2D eigenvalue weighted by atomic mass is 28.3. The van der Waals surface area contributed by atoms with E-state index >= 15 is 0 Å². The molecule has 2 amide bonds. The third kappa shape index (κ3) is 3.86. The second kappa shape index (κ2) is 6.27. The largest absolute Gasteiger partial charge is 0.465 e. The molecule has 0 aromatic heterocycles. The molecule has 1 atom stereocenters. The summed E-state index contributed by atoms with van der Waals surface area (Å²) in [7, 11) is -2.01. The van der Waals surface area contributed by atoms with Crippen LogP contribution in [0.5, 0.6) is 0 Å². The Bertz CT molecular complexity index is 343. The standard InChI is InChI=1S/C12H24N2O4Si/c1-5-18-12(17)14(19(2,3)4)10-8-6-7-9-13(10)11(15)16/h10H,5-9H2,1-4H3,(H,15,16). The molecule has 1 fully saturated rings. The molecule has 1 rings (SSSR count). The van der Waals surface area contributed by atoms with Crippen LogP contribution >= 0.6 is 0 Å². The number of carbonyl (C=O) groups excluding carboxylic acids is 1. The maximum Gasteiger partial charge on any atom is 0.408 e. The molecule has 0 saturated carbocycles. The van der Waals surface area contributed by atoms with E-state index in [2.05, 4.69) is 0 Å². The van der Waals surface area contributed by atoms with E-state index in [1.54, 1.807) is 11.5 Å². The van der Waals surface area contributed by atoms with Crippen LogP contribution in [0.2, 0.25) is 19.6 Å². The average molecular weight is 288 g/mol. The Labute approximate surface area is 115 Å². The minimum absolute atomic E-state index is 0.305. The summed E-state index contributed by atoms with van der Waals surface area (Å²) in [6.07, 6.45) is 0.754. The molecule has 1 saturated heterocycles. The first-order chi connectivity index (χ1) is 8.79. The number of hydrogen-bond acceptors (Lipinski definition) is 3. The van der Waals surface area contributed by atoms with Gasteiger partial charge in [-0.15, -0.1) is 0 Å². The molecule has 1 heterocycles. The molecule has 0 aromatic rings. The van der Waals surface area contributed by atoms with Gasteiger partial charge in [0.25, 0.3) is 0 Å². The topological polar surface area (TPSA) is 70.1 Å². The van der Waals surface area contributed by atoms with E-state index in [1.807, 2.05) is 19.6 Å². The zero-order chi connectivity index (χ0) is 14.6. The Balaban J connectivity index is 3.01. The van der Waals surface area contributed by atoms with Crippen molar-refractivity contribution in [3.05, 3.63) is 0 Å². The van der Waals surface area contributed by atoms with Crippen LogP contribution in [0.15, 0.2) is 0 Å². The highest BCUT2D eigenvalue weighted by Crippen LogP contribution is 2.26. The number of ether oxygens (including phenoxy) is 1. The van der Waals surface area contributed by atoms with E-state index in [-0.39, 0.29) is 12.3 Å². The quantitative estimate of drug-likeness (QED) is 0.811. The summed E-state index contributed by atoms with van der Waals surface area (Å²) in [5.41, 5.74) is 0. The molecule has 6 nitrogen and oxygen atoms in total. The number of likely N-dealkylation sites (tertiary alicyclic amines) is 1. The summed E-state index contributed by atoms with van der Waals surface area (Å²) >= 11 is 0. The van der Waals surface area contributed by atoms with Crippen LogP contribution in [0.3, 0.4) is 0 Å². The van der Waals surface area contributed by atoms with Gasteiger partial charge in [-0.1, -0.05) is 19.6 Å². The maximum atomic E-state index is 12.2. The van der Waals surface area contributed by atoms with Crippen LogP contribution in [0.25, 0.3) is 0 Å². The first-order valence-electron chi connectivity index (χ1n) is 6.74. The van der Waals surface area contributed by atoms with Gasteiger partial charge in [-0.25, -0.2) is 9.59 Å². The third-order valence-corrected chi connectivity index (χ3v) is 5.13. The molecule has 0 aliphatic carbocycles. The molecule has 0 radical (unpaired) electrons. The lowest BCUT2D eigenvalue weighted by Gasteiger charge is -2.45. The van der Waals surface area contributed by atoms with Crippen LogP contribution in [0.4, 0.5) is 9.59 Å². The lowest BCUT2D eigenvalue weighted by Crippen LogP contribution is -2.62. The van der Waals surface area contributed by atoms with Crippen molar-refractivity contribution in [1.29, 1.82) is 0 Å².